The molecule has 0 bridgehead atoms. The van der Waals surface area contributed by atoms with Crippen LogP contribution >= 0.6 is 12.2 Å². The van der Waals surface area contributed by atoms with Gasteiger partial charge in [-0.2, -0.15) is 0 Å². The van der Waals surface area contributed by atoms with Crippen LogP contribution in [-0.2, 0) is 10.0 Å². The molecule has 0 atom stereocenters. The fourth-order valence-electron chi connectivity index (χ4n) is 1.33. The highest BCUT2D eigenvalue weighted by atomic mass is 32.2. The molecule has 0 fully saturated rings. The highest BCUT2D eigenvalue weighted by Crippen LogP contribution is 2.15. The van der Waals surface area contributed by atoms with Crippen molar-refractivity contribution in [2.75, 3.05) is 10.0 Å². The van der Waals surface area contributed by atoms with Crippen molar-refractivity contribution < 1.29 is 8.42 Å². The molecular weight excluding hydrogens is 284 g/mol. The van der Waals surface area contributed by atoms with Gasteiger partial charge in [0.2, 0.25) is 5.95 Å². The van der Waals surface area contributed by atoms with Crippen molar-refractivity contribution in [3.63, 3.8) is 0 Å². The van der Waals surface area contributed by atoms with Gasteiger partial charge in [0.1, 0.15) is 0 Å². The summed E-state index contributed by atoms with van der Waals surface area (Å²) in [5.74, 6) is 0.0311. The number of thiocarbonyl (C=S) groups is 1. The van der Waals surface area contributed by atoms with Crippen molar-refractivity contribution in [3.05, 3.63) is 42.7 Å². The topological polar surface area (TPSA) is 84.0 Å². The predicted molar refractivity (Wildman–Crippen MR) is 76.6 cm³/mol. The van der Waals surface area contributed by atoms with Crippen LogP contribution in [0.2, 0.25) is 0 Å². The van der Waals surface area contributed by atoms with Gasteiger partial charge in [0, 0.05) is 18.1 Å². The Morgan fingerprint density at radius 3 is 2.32 bits per heavy atom. The van der Waals surface area contributed by atoms with E-state index in [1.807, 2.05) is 0 Å². The molecule has 0 spiro atoms. The van der Waals surface area contributed by atoms with E-state index in [9.17, 15) is 8.42 Å². The summed E-state index contributed by atoms with van der Waals surface area (Å²) in [6.45, 7) is 0. The Morgan fingerprint density at radius 1 is 1.11 bits per heavy atom. The van der Waals surface area contributed by atoms with Gasteiger partial charge in [-0.15, -0.1) is 0 Å². The van der Waals surface area contributed by atoms with Gasteiger partial charge in [0.05, 0.1) is 10.4 Å². The second kappa shape index (κ2) is 5.72. The minimum atomic E-state index is -3.68. The molecule has 0 aliphatic carbocycles. The van der Waals surface area contributed by atoms with Crippen LogP contribution in [0.25, 0.3) is 0 Å². The minimum absolute atomic E-state index is 0.0311. The van der Waals surface area contributed by atoms with Crippen molar-refractivity contribution >= 4 is 39.4 Å². The maximum atomic E-state index is 12.0. The zero-order valence-electron chi connectivity index (χ0n) is 9.65. The molecule has 0 aliphatic rings. The summed E-state index contributed by atoms with van der Waals surface area (Å²) in [5, 5.41) is 2.79. The number of hydrogen-bond donors (Lipinski definition) is 2. The van der Waals surface area contributed by atoms with Crippen LogP contribution in [0, 0.1) is 0 Å². The summed E-state index contributed by atoms with van der Waals surface area (Å²) in [6.07, 6.45) is 2.91. The Bertz CT molecular complexity index is 657. The fourth-order valence-corrected chi connectivity index (χ4v) is 2.42. The predicted octanol–water partition coefficient (Wildman–Crippen LogP) is 1.65. The third-order valence-electron chi connectivity index (χ3n) is 2.18. The third-order valence-corrected chi connectivity index (χ3v) is 3.64. The zero-order chi connectivity index (χ0) is 13.7. The van der Waals surface area contributed by atoms with Gasteiger partial charge < -0.3 is 5.32 Å². The largest absolute Gasteiger partial charge is 0.353 e. The molecule has 0 radical (unpaired) electrons. The first-order chi connectivity index (χ1) is 9.12. The zero-order valence-corrected chi connectivity index (χ0v) is 11.3. The second-order valence-electron chi connectivity index (χ2n) is 3.46. The Labute approximate surface area is 116 Å². The molecule has 98 valence electrons. The lowest BCUT2D eigenvalue weighted by atomic mass is 10.3. The van der Waals surface area contributed by atoms with Gasteiger partial charge in [-0.05, 0) is 30.3 Å². The van der Waals surface area contributed by atoms with Crippen molar-refractivity contribution in [2.24, 2.45) is 0 Å². The van der Waals surface area contributed by atoms with Crippen molar-refractivity contribution in [2.45, 2.75) is 4.90 Å². The Balaban J connectivity index is 2.22. The van der Waals surface area contributed by atoms with Crippen LogP contribution in [0.15, 0.2) is 47.6 Å². The number of sulfonamides is 1. The van der Waals surface area contributed by atoms with Gasteiger partial charge in [-0.3, -0.25) is 0 Å². The maximum absolute atomic E-state index is 12.0. The molecule has 0 saturated carbocycles. The van der Waals surface area contributed by atoms with Crippen LogP contribution in [0.3, 0.4) is 0 Å². The normalized spacial score (nSPS) is 10.7. The number of anilines is 2. The Hall–Kier alpha value is -2.06. The van der Waals surface area contributed by atoms with E-state index in [1.165, 1.54) is 30.0 Å². The fraction of sp³-hybridized carbons (Fsp3) is 0. The second-order valence-corrected chi connectivity index (χ2v) is 5.38. The van der Waals surface area contributed by atoms with Gasteiger partial charge in [0.25, 0.3) is 10.0 Å². The summed E-state index contributed by atoms with van der Waals surface area (Å²) < 4.78 is 26.3. The molecule has 2 aromatic rings. The molecule has 19 heavy (non-hydrogen) atoms. The summed E-state index contributed by atoms with van der Waals surface area (Å²) in [7, 11) is -3.68. The van der Waals surface area contributed by atoms with Crippen LogP contribution in [-0.4, -0.2) is 23.9 Å². The number of nitrogens with one attached hydrogen (secondary N) is 2. The summed E-state index contributed by atoms with van der Waals surface area (Å²) >= 11 is 4.64. The summed E-state index contributed by atoms with van der Waals surface area (Å²) in [5.41, 5.74) is 2.06. The van der Waals surface area contributed by atoms with Gasteiger partial charge in [0.15, 0.2) is 0 Å². The van der Waals surface area contributed by atoms with E-state index in [-0.39, 0.29) is 10.8 Å². The first-order valence-corrected chi connectivity index (χ1v) is 7.17. The van der Waals surface area contributed by atoms with E-state index in [0.29, 0.717) is 5.69 Å². The molecule has 0 aliphatic heterocycles. The number of hydrogen-bond acceptors (Lipinski definition) is 5. The maximum Gasteiger partial charge on any atom is 0.264 e. The lowest BCUT2D eigenvalue weighted by Crippen LogP contribution is -2.14. The Kier molecular flexibility index (Phi) is 4.03. The molecule has 0 unspecified atom stereocenters. The van der Waals surface area contributed by atoms with E-state index in [0.717, 1.165) is 0 Å². The van der Waals surface area contributed by atoms with Gasteiger partial charge in [-0.1, -0.05) is 12.2 Å². The van der Waals surface area contributed by atoms with Gasteiger partial charge in [-0.25, -0.2) is 23.1 Å². The van der Waals surface area contributed by atoms with E-state index in [1.54, 1.807) is 18.2 Å². The number of benzene rings is 1. The molecule has 6 nitrogen and oxygen atoms in total. The van der Waals surface area contributed by atoms with Crippen molar-refractivity contribution in [3.8, 4) is 0 Å². The average molecular weight is 294 g/mol. The van der Waals surface area contributed by atoms with Crippen LogP contribution in [0.4, 0.5) is 11.6 Å². The molecular formula is C11H10N4O2S2. The molecule has 0 saturated heterocycles. The van der Waals surface area contributed by atoms with Crippen LogP contribution in [0.5, 0.6) is 0 Å². The molecule has 1 heterocycles. The van der Waals surface area contributed by atoms with Gasteiger partial charge >= 0.3 is 0 Å². The molecule has 1 aromatic heterocycles. The number of rotatable bonds is 5. The molecule has 0 amide bonds. The average Bonchev–Trinajstić information content (AvgIpc) is 2.40. The van der Waals surface area contributed by atoms with E-state index in [2.05, 4.69) is 32.2 Å². The standard InChI is InChI=1S/C11H10N4O2S2/c16-19(17,15-11-12-6-1-7-13-11)10-4-2-9(3-5-10)14-8-18/h1-8H,(H,14,18)(H,12,13,15). The monoisotopic (exact) mass is 294 g/mol. The number of aromatic nitrogens is 2. The molecule has 8 heteroatoms. The van der Waals surface area contributed by atoms with Crippen LogP contribution < -0.4 is 10.0 Å². The Morgan fingerprint density at radius 2 is 1.74 bits per heavy atom. The van der Waals surface area contributed by atoms with E-state index < -0.39 is 10.0 Å². The SMILES string of the molecule is O=S(=O)(Nc1ncccn1)c1ccc(NC=S)cc1. The molecule has 1 aromatic carbocycles. The third kappa shape index (κ3) is 3.46. The van der Waals surface area contributed by atoms with E-state index in [4.69, 9.17) is 0 Å². The first-order valence-electron chi connectivity index (χ1n) is 5.22. The lowest BCUT2D eigenvalue weighted by molar-refractivity contribution is 0.601. The lowest BCUT2D eigenvalue weighted by Gasteiger charge is -2.07. The smallest absolute Gasteiger partial charge is 0.264 e. The highest BCUT2D eigenvalue weighted by Gasteiger charge is 2.14. The summed E-state index contributed by atoms with van der Waals surface area (Å²) in [4.78, 5) is 7.73. The summed E-state index contributed by atoms with van der Waals surface area (Å²) in [6, 6.07) is 7.76. The van der Waals surface area contributed by atoms with Crippen molar-refractivity contribution in [1.29, 1.82) is 0 Å². The first kappa shape index (κ1) is 13.4. The molecule has 2 rings (SSSR count). The highest BCUT2D eigenvalue weighted by molar-refractivity contribution is 7.92. The minimum Gasteiger partial charge on any atom is -0.353 e. The van der Waals surface area contributed by atoms with Crippen molar-refractivity contribution in [1.82, 2.24) is 9.97 Å². The molecule has 2 N–H and O–H groups in total. The van der Waals surface area contributed by atoms with E-state index >= 15 is 0 Å². The van der Waals surface area contributed by atoms with Crippen LogP contribution in [0.1, 0.15) is 0 Å². The quantitative estimate of drug-likeness (QED) is 0.816. The number of nitrogens with zero attached hydrogens (tertiary/aromatic N) is 2.